The van der Waals surface area contributed by atoms with Gasteiger partial charge in [0.15, 0.2) is 0 Å². The minimum Gasteiger partial charge on any atom is -0.478 e. The van der Waals surface area contributed by atoms with Gasteiger partial charge >= 0.3 is 11.9 Å². The molecule has 0 unspecified atom stereocenters. The maximum Gasteiger partial charge on any atom is 0.330 e. The van der Waals surface area contributed by atoms with Gasteiger partial charge in [0, 0.05) is 11.1 Å². The van der Waals surface area contributed by atoms with Crippen molar-refractivity contribution in [1.29, 1.82) is 0 Å². The van der Waals surface area contributed by atoms with E-state index in [-0.39, 0.29) is 0 Å². The summed E-state index contributed by atoms with van der Waals surface area (Å²) in [5, 5.41) is 16.2. The van der Waals surface area contributed by atoms with Crippen LogP contribution in [0.4, 0.5) is 0 Å². The van der Waals surface area contributed by atoms with Crippen LogP contribution in [0.25, 0.3) is 0 Å². The number of hydrogen-bond donors (Lipinski definition) is 2. The van der Waals surface area contributed by atoms with E-state index < -0.39 is 11.9 Å². The van der Waals surface area contributed by atoms with Crippen molar-refractivity contribution < 1.29 is 19.8 Å². The summed E-state index contributed by atoms with van der Waals surface area (Å²) in [6.45, 7) is 6.51. The number of carboxylic acids is 2. The van der Waals surface area contributed by atoms with Gasteiger partial charge in [-0.25, -0.2) is 9.59 Å². The molecule has 0 fully saturated rings. The van der Waals surface area contributed by atoms with Crippen LogP contribution in [0.5, 0.6) is 0 Å². The highest BCUT2D eigenvalue weighted by molar-refractivity contribution is 5.85. The van der Waals surface area contributed by atoms with Gasteiger partial charge in [0.1, 0.15) is 0 Å². The van der Waals surface area contributed by atoms with Crippen LogP contribution in [0, 0.1) is 0 Å². The van der Waals surface area contributed by atoms with E-state index in [1.807, 2.05) is 0 Å². The van der Waals surface area contributed by atoms with Crippen molar-refractivity contribution in [3.63, 3.8) is 0 Å². The molecule has 0 aliphatic heterocycles. The van der Waals surface area contributed by atoms with Gasteiger partial charge in [-0.05, 0) is 27.7 Å². The Labute approximate surface area is 83.6 Å². The minimum absolute atomic E-state index is 0.389. The summed E-state index contributed by atoms with van der Waals surface area (Å²) in [5.41, 5.74) is 0.778. The summed E-state index contributed by atoms with van der Waals surface area (Å²) in [6, 6.07) is 0. The molecule has 0 bridgehead atoms. The summed E-state index contributed by atoms with van der Waals surface area (Å²) in [6.07, 6.45) is 3.12. The second kappa shape index (κ2) is 8.04. The van der Waals surface area contributed by atoms with Crippen molar-refractivity contribution in [1.82, 2.24) is 0 Å². The highest BCUT2D eigenvalue weighted by Crippen LogP contribution is 1.88. The Hall–Kier alpha value is -1.58. The molecule has 2 N–H and O–H groups in total. The van der Waals surface area contributed by atoms with Gasteiger partial charge in [-0.3, -0.25) is 0 Å². The molecule has 0 aliphatic rings. The Bertz CT molecular complexity index is 233. The standard InChI is InChI=1S/2C5H8O2/c2*1-3-4(2)5(6)7/h2*3H,1-2H3,(H,6,7)/b2*4-3+. The third-order valence-corrected chi connectivity index (χ3v) is 1.54. The van der Waals surface area contributed by atoms with Crippen molar-refractivity contribution in [3.05, 3.63) is 23.3 Å². The van der Waals surface area contributed by atoms with Crippen LogP contribution >= 0.6 is 0 Å². The fourth-order valence-electron chi connectivity index (χ4n) is 0.247. The lowest BCUT2D eigenvalue weighted by atomic mass is 10.3. The molecule has 0 aliphatic carbocycles. The topological polar surface area (TPSA) is 74.6 Å². The lowest BCUT2D eigenvalue weighted by Crippen LogP contribution is -1.93. The summed E-state index contributed by atoms with van der Waals surface area (Å²) in [5.74, 6) is -1.69. The van der Waals surface area contributed by atoms with Crippen LogP contribution in [0.2, 0.25) is 0 Å². The molecule has 14 heavy (non-hydrogen) atoms. The molecule has 0 atom stereocenters. The van der Waals surface area contributed by atoms with Gasteiger partial charge < -0.3 is 10.2 Å². The average molecular weight is 200 g/mol. The van der Waals surface area contributed by atoms with Crippen molar-refractivity contribution in [2.75, 3.05) is 0 Å². The molecule has 0 saturated heterocycles. The zero-order valence-electron chi connectivity index (χ0n) is 8.87. The van der Waals surface area contributed by atoms with Gasteiger partial charge in [0.2, 0.25) is 0 Å². The Morgan fingerprint density at radius 3 is 1.07 bits per heavy atom. The minimum atomic E-state index is -0.845. The molecule has 0 aromatic heterocycles. The highest BCUT2D eigenvalue weighted by atomic mass is 16.4. The molecule has 80 valence electrons. The Morgan fingerprint density at radius 1 is 0.857 bits per heavy atom. The lowest BCUT2D eigenvalue weighted by molar-refractivity contribution is -0.133. The Kier molecular flexibility index (Phi) is 8.57. The van der Waals surface area contributed by atoms with Gasteiger partial charge in [-0.2, -0.15) is 0 Å². The Morgan fingerprint density at radius 2 is 1.07 bits per heavy atom. The fourth-order valence-corrected chi connectivity index (χ4v) is 0.247. The van der Waals surface area contributed by atoms with E-state index in [9.17, 15) is 9.59 Å². The third kappa shape index (κ3) is 8.52. The predicted molar refractivity (Wildman–Crippen MR) is 54.1 cm³/mol. The zero-order chi connectivity index (χ0) is 11.7. The van der Waals surface area contributed by atoms with E-state index >= 15 is 0 Å². The summed E-state index contributed by atoms with van der Waals surface area (Å²) in [4.78, 5) is 19.7. The molecule has 0 aromatic carbocycles. The van der Waals surface area contributed by atoms with Gasteiger partial charge in [0.05, 0.1) is 0 Å². The van der Waals surface area contributed by atoms with E-state index in [0.29, 0.717) is 11.1 Å². The SMILES string of the molecule is C/C=C(\C)C(=O)O.C/C=C(\C)C(=O)O. The molecular formula is C10H16O4. The van der Waals surface area contributed by atoms with Gasteiger partial charge in [-0.1, -0.05) is 12.2 Å². The maximum atomic E-state index is 9.86. The number of aliphatic carboxylic acids is 2. The molecule has 0 saturated carbocycles. The fraction of sp³-hybridized carbons (Fsp3) is 0.400. The first-order valence-corrected chi connectivity index (χ1v) is 4.09. The van der Waals surface area contributed by atoms with E-state index in [1.165, 1.54) is 0 Å². The van der Waals surface area contributed by atoms with Crippen LogP contribution in [-0.4, -0.2) is 22.2 Å². The number of carbonyl (C=O) groups is 2. The largest absolute Gasteiger partial charge is 0.478 e. The molecule has 0 radical (unpaired) electrons. The van der Waals surface area contributed by atoms with E-state index in [0.717, 1.165) is 0 Å². The number of rotatable bonds is 2. The second-order valence-electron chi connectivity index (χ2n) is 2.55. The quantitative estimate of drug-likeness (QED) is 0.669. The van der Waals surface area contributed by atoms with Crippen LogP contribution in [0.1, 0.15) is 27.7 Å². The van der Waals surface area contributed by atoms with E-state index in [4.69, 9.17) is 10.2 Å². The molecule has 4 nitrogen and oxygen atoms in total. The van der Waals surface area contributed by atoms with Crippen LogP contribution in [-0.2, 0) is 9.59 Å². The van der Waals surface area contributed by atoms with Gasteiger partial charge in [0.25, 0.3) is 0 Å². The molecule has 0 heterocycles. The molecule has 0 rings (SSSR count). The highest BCUT2D eigenvalue weighted by Gasteiger charge is 1.93. The van der Waals surface area contributed by atoms with Gasteiger partial charge in [-0.15, -0.1) is 0 Å². The van der Waals surface area contributed by atoms with Crippen molar-refractivity contribution in [2.45, 2.75) is 27.7 Å². The average Bonchev–Trinajstić information content (AvgIpc) is 2.15. The number of hydrogen-bond acceptors (Lipinski definition) is 2. The van der Waals surface area contributed by atoms with Crippen molar-refractivity contribution >= 4 is 11.9 Å². The smallest absolute Gasteiger partial charge is 0.330 e. The lowest BCUT2D eigenvalue weighted by Gasteiger charge is -1.84. The summed E-state index contributed by atoms with van der Waals surface area (Å²) < 4.78 is 0. The number of carboxylic acid groups (broad SMARTS) is 2. The summed E-state index contributed by atoms with van der Waals surface area (Å²) >= 11 is 0. The molecule has 0 amide bonds. The van der Waals surface area contributed by atoms with E-state index in [1.54, 1.807) is 39.8 Å². The van der Waals surface area contributed by atoms with Crippen LogP contribution < -0.4 is 0 Å². The molecule has 0 spiro atoms. The zero-order valence-corrected chi connectivity index (χ0v) is 8.87. The molecule has 4 heteroatoms. The molecule has 0 aromatic rings. The van der Waals surface area contributed by atoms with Crippen LogP contribution in [0.3, 0.4) is 0 Å². The first-order chi connectivity index (χ1) is 6.36. The molecular weight excluding hydrogens is 184 g/mol. The van der Waals surface area contributed by atoms with Crippen molar-refractivity contribution in [3.8, 4) is 0 Å². The second-order valence-corrected chi connectivity index (χ2v) is 2.55. The summed E-state index contributed by atoms with van der Waals surface area (Å²) in [7, 11) is 0. The first-order valence-electron chi connectivity index (χ1n) is 4.09. The first kappa shape index (κ1) is 14.9. The van der Waals surface area contributed by atoms with Crippen molar-refractivity contribution in [2.24, 2.45) is 0 Å². The Balaban J connectivity index is 0. The number of allylic oxidation sites excluding steroid dienone is 2. The van der Waals surface area contributed by atoms with Crippen LogP contribution in [0.15, 0.2) is 23.3 Å². The predicted octanol–water partition coefficient (Wildman–Crippen LogP) is 2.07. The third-order valence-electron chi connectivity index (χ3n) is 1.54. The normalized spacial score (nSPS) is 11.4. The monoisotopic (exact) mass is 200 g/mol. The van der Waals surface area contributed by atoms with E-state index in [2.05, 4.69) is 0 Å². The maximum absolute atomic E-state index is 9.86.